The van der Waals surface area contributed by atoms with Gasteiger partial charge in [-0.15, -0.1) is 0 Å². The molecule has 6 heteroatoms. The van der Waals surface area contributed by atoms with Crippen LogP contribution in [-0.2, 0) is 9.59 Å². The lowest BCUT2D eigenvalue weighted by atomic mass is 10.1. The zero-order valence-corrected chi connectivity index (χ0v) is 12.2. The van der Waals surface area contributed by atoms with Crippen LogP contribution in [0.5, 0.6) is 0 Å². The SMILES string of the molecule is Cc1cc(NC(=O)[C@H]2CCCN2C(=O)CC(C)C)no1. The van der Waals surface area contributed by atoms with Crippen molar-refractivity contribution in [2.75, 3.05) is 11.9 Å². The first kappa shape index (κ1) is 14.6. The maximum absolute atomic E-state index is 12.2. The maximum atomic E-state index is 12.2. The molecule has 110 valence electrons. The zero-order chi connectivity index (χ0) is 14.7. The fraction of sp³-hybridized carbons (Fsp3) is 0.643. The van der Waals surface area contributed by atoms with Crippen LogP contribution >= 0.6 is 0 Å². The van der Waals surface area contributed by atoms with Crippen molar-refractivity contribution < 1.29 is 14.1 Å². The molecule has 1 aromatic rings. The number of amides is 2. The molecule has 0 unspecified atom stereocenters. The summed E-state index contributed by atoms with van der Waals surface area (Å²) in [6.07, 6.45) is 2.04. The molecule has 1 fully saturated rings. The highest BCUT2D eigenvalue weighted by Crippen LogP contribution is 2.21. The van der Waals surface area contributed by atoms with Crippen molar-refractivity contribution in [3.8, 4) is 0 Å². The van der Waals surface area contributed by atoms with Gasteiger partial charge in [0.15, 0.2) is 5.82 Å². The Morgan fingerprint density at radius 3 is 2.90 bits per heavy atom. The number of anilines is 1. The molecular formula is C14H21N3O3. The summed E-state index contributed by atoms with van der Waals surface area (Å²) in [7, 11) is 0. The van der Waals surface area contributed by atoms with Crippen LogP contribution in [0.25, 0.3) is 0 Å². The molecule has 2 amide bonds. The normalized spacial score (nSPS) is 18.6. The highest BCUT2D eigenvalue weighted by atomic mass is 16.5. The van der Waals surface area contributed by atoms with E-state index < -0.39 is 6.04 Å². The van der Waals surface area contributed by atoms with Gasteiger partial charge in [-0.2, -0.15) is 0 Å². The fourth-order valence-corrected chi connectivity index (χ4v) is 2.44. The minimum absolute atomic E-state index is 0.0500. The topological polar surface area (TPSA) is 75.4 Å². The first-order valence-electron chi connectivity index (χ1n) is 7.01. The minimum Gasteiger partial charge on any atom is -0.360 e. The molecule has 0 bridgehead atoms. The van der Waals surface area contributed by atoms with E-state index in [-0.39, 0.29) is 11.8 Å². The summed E-state index contributed by atoms with van der Waals surface area (Å²) < 4.78 is 4.91. The van der Waals surface area contributed by atoms with Gasteiger partial charge in [0.05, 0.1) is 0 Å². The van der Waals surface area contributed by atoms with E-state index in [4.69, 9.17) is 4.52 Å². The van der Waals surface area contributed by atoms with E-state index >= 15 is 0 Å². The quantitative estimate of drug-likeness (QED) is 0.914. The molecule has 2 rings (SSSR count). The zero-order valence-electron chi connectivity index (χ0n) is 12.2. The van der Waals surface area contributed by atoms with Crippen LogP contribution in [0, 0.1) is 12.8 Å². The van der Waals surface area contributed by atoms with Gasteiger partial charge in [-0.1, -0.05) is 19.0 Å². The Morgan fingerprint density at radius 2 is 2.30 bits per heavy atom. The number of nitrogens with zero attached hydrogens (tertiary/aromatic N) is 2. The number of hydrogen-bond donors (Lipinski definition) is 1. The number of nitrogens with one attached hydrogen (secondary N) is 1. The van der Waals surface area contributed by atoms with E-state index in [9.17, 15) is 9.59 Å². The van der Waals surface area contributed by atoms with E-state index in [1.165, 1.54) is 0 Å². The highest BCUT2D eigenvalue weighted by molar-refractivity contribution is 5.96. The standard InChI is InChI=1S/C14H21N3O3/c1-9(2)7-13(18)17-6-4-5-11(17)14(19)15-12-8-10(3)20-16-12/h8-9,11H,4-7H2,1-3H3,(H,15,16,19)/t11-/m1/s1. The Kier molecular flexibility index (Phi) is 4.42. The van der Waals surface area contributed by atoms with E-state index in [2.05, 4.69) is 10.5 Å². The average molecular weight is 279 g/mol. The lowest BCUT2D eigenvalue weighted by Crippen LogP contribution is -2.43. The molecule has 1 atom stereocenters. The molecule has 6 nitrogen and oxygen atoms in total. The van der Waals surface area contributed by atoms with Crippen molar-refractivity contribution in [1.29, 1.82) is 0 Å². The molecule has 0 spiro atoms. The number of hydrogen-bond acceptors (Lipinski definition) is 4. The van der Waals surface area contributed by atoms with Gasteiger partial charge >= 0.3 is 0 Å². The van der Waals surface area contributed by atoms with Crippen molar-refractivity contribution >= 4 is 17.6 Å². The van der Waals surface area contributed by atoms with Gasteiger partial charge in [-0.25, -0.2) is 0 Å². The number of carbonyl (C=O) groups excluding carboxylic acids is 2. The summed E-state index contributed by atoms with van der Waals surface area (Å²) in [5.74, 6) is 1.20. The van der Waals surface area contributed by atoms with E-state index in [0.717, 1.165) is 6.42 Å². The number of aryl methyl sites for hydroxylation is 1. The molecule has 0 aromatic carbocycles. The van der Waals surface area contributed by atoms with Crippen LogP contribution < -0.4 is 5.32 Å². The number of carbonyl (C=O) groups is 2. The summed E-state index contributed by atoms with van der Waals surface area (Å²) in [5.41, 5.74) is 0. The fourth-order valence-electron chi connectivity index (χ4n) is 2.44. The molecule has 2 heterocycles. The van der Waals surface area contributed by atoms with Crippen molar-refractivity contribution in [3.63, 3.8) is 0 Å². The number of likely N-dealkylation sites (tertiary alicyclic amines) is 1. The van der Waals surface area contributed by atoms with E-state index in [0.29, 0.717) is 36.9 Å². The molecule has 0 aliphatic carbocycles. The van der Waals surface area contributed by atoms with Crippen molar-refractivity contribution in [2.24, 2.45) is 5.92 Å². The molecule has 0 radical (unpaired) electrons. The second-order valence-electron chi connectivity index (χ2n) is 5.66. The largest absolute Gasteiger partial charge is 0.360 e. The third-order valence-electron chi connectivity index (χ3n) is 3.34. The van der Waals surface area contributed by atoms with Crippen LogP contribution in [0.1, 0.15) is 38.9 Å². The van der Waals surface area contributed by atoms with Gasteiger partial charge in [-0.3, -0.25) is 9.59 Å². The Balaban J connectivity index is 1.99. The third kappa shape index (κ3) is 3.37. The van der Waals surface area contributed by atoms with Crippen LogP contribution in [0.3, 0.4) is 0 Å². The van der Waals surface area contributed by atoms with E-state index in [1.54, 1.807) is 17.9 Å². The van der Waals surface area contributed by atoms with Gasteiger partial charge < -0.3 is 14.7 Å². The monoisotopic (exact) mass is 279 g/mol. The lowest BCUT2D eigenvalue weighted by Gasteiger charge is -2.24. The summed E-state index contributed by atoms with van der Waals surface area (Å²) >= 11 is 0. The Morgan fingerprint density at radius 1 is 1.55 bits per heavy atom. The molecule has 20 heavy (non-hydrogen) atoms. The highest BCUT2D eigenvalue weighted by Gasteiger charge is 2.34. The molecule has 1 aliphatic heterocycles. The predicted octanol–water partition coefficient (Wildman–Crippen LogP) is 1.96. The predicted molar refractivity (Wildman–Crippen MR) is 74.1 cm³/mol. The summed E-state index contributed by atoms with van der Waals surface area (Å²) in [5, 5.41) is 6.44. The molecule has 1 N–H and O–H groups in total. The molecule has 0 saturated carbocycles. The van der Waals surface area contributed by atoms with Crippen LogP contribution in [-0.4, -0.2) is 34.5 Å². The molecule has 1 aromatic heterocycles. The Labute approximate surface area is 118 Å². The summed E-state index contributed by atoms with van der Waals surface area (Å²) in [6, 6.07) is 1.27. The second kappa shape index (κ2) is 6.07. The number of aromatic nitrogens is 1. The molecule has 1 saturated heterocycles. The first-order valence-corrected chi connectivity index (χ1v) is 7.01. The van der Waals surface area contributed by atoms with Crippen LogP contribution in [0.2, 0.25) is 0 Å². The second-order valence-corrected chi connectivity index (χ2v) is 5.66. The van der Waals surface area contributed by atoms with E-state index in [1.807, 2.05) is 13.8 Å². The van der Waals surface area contributed by atoms with Gasteiger partial charge in [-0.05, 0) is 25.7 Å². The smallest absolute Gasteiger partial charge is 0.248 e. The minimum atomic E-state index is -0.391. The Hall–Kier alpha value is -1.85. The van der Waals surface area contributed by atoms with Crippen molar-refractivity contribution in [2.45, 2.75) is 46.1 Å². The van der Waals surface area contributed by atoms with Gasteiger partial charge in [0, 0.05) is 19.0 Å². The van der Waals surface area contributed by atoms with Gasteiger partial charge in [0.1, 0.15) is 11.8 Å². The van der Waals surface area contributed by atoms with Crippen LogP contribution in [0.4, 0.5) is 5.82 Å². The number of rotatable bonds is 4. The van der Waals surface area contributed by atoms with Crippen molar-refractivity contribution in [3.05, 3.63) is 11.8 Å². The Bertz CT molecular complexity index is 496. The molecule has 1 aliphatic rings. The third-order valence-corrected chi connectivity index (χ3v) is 3.34. The van der Waals surface area contributed by atoms with Gasteiger partial charge in [0.2, 0.25) is 11.8 Å². The first-order chi connectivity index (χ1) is 9.47. The molecular weight excluding hydrogens is 258 g/mol. The average Bonchev–Trinajstić information content (AvgIpc) is 2.97. The lowest BCUT2D eigenvalue weighted by molar-refractivity contribution is -0.137. The maximum Gasteiger partial charge on any atom is 0.248 e. The van der Waals surface area contributed by atoms with Gasteiger partial charge in [0.25, 0.3) is 0 Å². The van der Waals surface area contributed by atoms with Crippen molar-refractivity contribution in [1.82, 2.24) is 10.1 Å². The summed E-state index contributed by atoms with van der Waals surface area (Å²) in [6.45, 7) is 6.42. The summed E-state index contributed by atoms with van der Waals surface area (Å²) in [4.78, 5) is 26.1. The van der Waals surface area contributed by atoms with Crippen LogP contribution in [0.15, 0.2) is 10.6 Å².